The third-order valence-corrected chi connectivity index (χ3v) is 2.63. The highest BCUT2D eigenvalue weighted by molar-refractivity contribution is 14.1. The molecule has 0 aromatic heterocycles. The Balaban J connectivity index is 3.05. The zero-order valence-electron chi connectivity index (χ0n) is 7.73. The number of hydrogen-bond acceptors (Lipinski definition) is 2. The topological polar surface area (TPSA) is 29.1 Å². The number of nitrogens with one attached hydrogen (secondary N) is 1. The average molecular weight is 289 g/mol. The average Bonchev–Trinajstić information content (AvgIpc) is 2.16. The number of carbonyl (C=O) groups is 1. The molecule has 1 rings (SSSR count). The third kappa shape index (κ3) is 2.43. The highest BCUT2D eigenvalue weighted by Gasteiger charge is 2.06. The molecule has 0 saturated carbocycles. The molecule has 0 saturated heterocycles. The third-order valence-electron chi connectivity index (χ3n) is 1.94. The van der Waals surface area contributed by atoms with Gasteiger partial charge in [0, 0.05) is 18.3 Å². The first-order valence-corrected chi connectivity index (χ1v) is 5.59. The van der Waals surface area contributed by atoms with Crippen LogP contribution in [0.15, 0.2) is 18.2 Å². The van der Waals surface area contributed by atoms with Crippen LogP contribution in [0.5, 0.6) is 0 Å². The van der Waals surface area contributed by atoms with Crippen molar-refractivity contribution in [1.29, 1.82) is 0 Å². The predicted molar refractivity (Wildman–Crippen MR) is 63.9 cm³/mol. The Kier molecular flexibility index (Phi) is 3.71. The van der Waals surface area contributed by atoms with Gasteiger partial charge in [-0.2, -0.15) is 0 Å². The highest BCUT2D eigenvalue weighted by Crippen LogP contribution is 2.15. The van der Waals surface area contributed by atoms with Gasteiger partial charge in [0.05, 0.1) is 4.43 Å². The number of rotatable bonds is 3. The lowest BCUT2D eigenvalue weighted by atomic mass is 10.1. The molecule has 0 atom stereocenters. The molecular weight excluding hydrogens is 277 g/mol. The van der Waals surface area contributed by atoms with Crippen molar-refractivity contribution in [3.63, 3.8) is 0 Å². The van der Waals surface area contributed by atoms with Gasteiger partial charge in [-0.3, -0.25) is 4.79 Å². The van der Waals surface area contributed by atoms with Gasteiger partial charge in [0.1, 0.15) is 0 Å². The number of carbonyl (C=O) groups excluding carboxylic acids is 1. The van der Waals surface area contributed by atoms with Crippen LogP contribution < -0.4 is 5.32 Å². The summed E-state index contributed by atoms with van der Waals surface area (Å²) in [6.07, 6.45) is 0. The molecule has 0 spiro atoms. The lowest BCUT2D eigenvalue weighted by Gasteiger charge is -2.05. The van der Waals surface area contributed by atoms with Crippen LogP contribution in [0, 0.1) is 6.92 Å². The van der Waals surface area contributed by atoms with Gasteiger partial charge < -0.3 is 5.32 Å². The quantitative estimate of drug-likeness (QED) is 0.526. The van der Waals surface area contributed by atoms with Crippen molar-refractivity contribution in [2.45, 2.75) is 6.92 Å². The van der Waals surface area contributed by atoms with Crippen LogP contribution in [0.2, 0.25) is 0 Å². The molecule has 0 bridgehead atoms. The summed E-state index contributed by atoms with van der Waals surface area (Å²) in [7, 11) is 1.87. The summed E-state index contributed by atoms with van der Waals surface area (Å²) in [5, 5.41) is 3.04. The van der Waals surface area contributed by atoms with Crippen LogP contribution in [-0.4, -0.2) is 17.3 Å². The van der Waals surface area contributed by atoms with E-state index >= 15 is 0 Å². The van der Waals surface area contributed by atoms with Crippen molar-refractivity contribution in [2.75, 3.05) is 16.8 Å². The second-order valence-electron chi connectivity index (χ2n) is 2.84. The number of halogens is 1. The Labute approximate surface area is 91.9 Å². The number of benzene rings is 1. The van der Waals surface area contributed by atoms with Gasteiger partial charge in [-0.05, 0) is 30.7 Å². The van der Waals surface area contributed by atoms with Crippen LogP contribution in [0.3, 0.4) is 0 Å². The molecule has 13 heavy (non-hydrogen) atoms. The largest absolute Gasteiger partial charge is 0.388 e. The zero-order valence-corrected chi connectivity index (χ0v) is 9.88. The summed E-state index contributed by atoms with van der Waals surface area (Å²) in [5.74, 6) is 0.195. The number of aryl methyl sites for hydroxylation is 1. The molecule has 0 aliphatic carbocycles. The SMILES string of the molecule is CNc1ccc(C(=O)CI)c(C)c1. The van der Waals surface area contributed by atoms with E-state index < -0.39 is 0 Å². The number of Topliss-reactive ketones (excluding diaryl/α,β-unsaturated/α-hetero) is 1. The number of hydrogen-bond donors (Lipinski definition) is 1. The highest BCUT2D eigenvalue weighted by atomic mass is 127. The first-order valence-electron chi connectivity index (χ1n) is 4.06. The minimum absolute atomic E-state index is 0.195. The maximum Gasteiger partial charge on any atom is 0.172 e. The van der Waals surface area contributed by atoms with Crippen LogP contribution in [-0.2, 0) is 0 Å². The molecule has 0 unspecified atom stereocenters. The summed E-state index contributed by atoms with van der Waals surface area (Å²) in [6, 6.07) is 5.79. The van der Waals surface area contributed by atoms with E-state index in [1.54, 1.807) is 0 Å². The Bertz CT molecular complexity index is 323. The Morgan fingerprint density at radius 2 is 2.23 bits per heavy atom. The van der Waals surface area contributed by atoms with E-state index in [9.17, 15) is 4.79 Å². The molecule has 1 N–H and O–H groups in total. The Hall–Kier alpha value is -0.580. The van der Waals surface area contributed by atoms with Crippen molar-refractivity contribution in [1.82, 2.24) is 0 Å². The number of anilines is 1. The van der Waals surface area contributed by atoms with Crippen LogP contribution in [0.1, 0.15) is 15.9 Å². The molecule has 70 valence electrons. The second-order valence-corrected chi connectivity index (χ2v) is 3.60. The van der Waals surface area contributed by atoms with E-state index in [4.69, 9.17) is 0 Å². The van der Waals surface area contributed by atoms with Crippen molar-refractivity contribution < 1.29 is 4.79 Å². The molecule has 0 aliphatic rings. The summed E-state index contributed by atoms with van der Waals surface area (Å²) < 4.78 is 0.539. The Morgan fingerprint density at radius 1 is 1.54 bits per heavy atom. The minimum Gasteiger partial charge on any atom is -0.388 e. The fraction of sp³-hybridized carbons (Fsp3) is 0.300. The first kappa shape index (κ1) is 10.5. The summed E-state index contributed by atoms with van der Waals surface area (Å²) in [6.45, 7) is 1.96. The van der Waals surface area contributed by atoms with Gasteiger partial charge in [0.25, 0.3) is 0 Å². The van der Waals surface area contributed by atoms with Crippen LogP contribution in [0.4, 0.5) is 5.69 Å². The number of ketones is 1. The molecule has 0 fully saturated rings. The van der Waals surface area contributed by atoms with Gasteiger partial charge in [-0.15, -0.1) is 0 Å². The van der Waals surface area contributed by atoms with Gasteiger partial charge in [-0.25, -0.2) is 0 Å². The van der Waals surface area contributed by atoms with E-state index in [0.717, 1.165) is 16.8 Å². The molecule has 0 aliphatic heterocycles. The lowest BCUT2D eigenvalue weighted by molar-refractivity contribution is 0.102. The maximum atomic E-state index is 11.4. The summed E-state index contributed by atoms with van der Waals surface area (Å²) in [5.41, 5.74) is 2.91. The molecule has 0 radical (unpaired) electrons. The van der Waals surface area contributed by atoms with Crippen LogP contribution >= 0.6 is 22.6 Å². The van der Waals surface area contributed by atoms with Gasteiger partial charge in [-0.1, -0.05) is 22.6 Å². The monoisotopic (exact) mass is 289 g/mol. The summed E-state index contributed by atoms with van der Waals surface area (Å²) >= 11 is 2.09. The molecule has 1 aromatic carbocycles. The zero-order chi connectivity index (χ0) is 9.84. The fourth-order valence-electron chi connectivity index (χ4n) is 1.20. The van der Waals surface area contributed by atoms with Gasteiger partial charge in [0.15, 0.2) is 5.78 Å². The molecule has 3 heteroatoms. The predicted octanol–water partition coefficient (Wildman–Crippen LogP) is 2.65. The minimum atomic E-state index is 0.195. The standard InChI is InChI=1S/C10H12INO/c1-7-5-8(12-2)3-4-9(7)10(13)6-11/h3-5,12H,6H2,1-2H3. The van der Waals surface area contributed by atoms with E-state index in [-0.39, 0.29) is 5.78 Å². The van der Waals surface area contributed by atoms with E-state index in [0.29, 0.717) is 4.43 Å². The lowest BCUT2D eigenvalue weighted by Crippen LogP contribution is -2.03. The van der Waals surface area contributed by atoms with Crippen molar-refractivity contribution in [3.8, 4) is 0 Å². The van der Waals surface area contributed by atoms with Crippen molar-refractivity contribution in [2.24, 2.45) is 0 Å². The smallest absolute Gasteiger partial charge is 0.172 e. The maximum absolute atomic E-state index is 11.4. The summed E-state index contributed by atoms with van der Waals surface area (Å²) in [4.78, 5) is 11.4. The van der Waals surface area contributed by atoms with Crippen molar-refractivity contribution >= 4 is 34.1 Å². The van der Waals surface area contributed by atoms with E-state index in [1.165, 1.54) is 0 Å². The van der Waals surface area contributed by atoms with Crippen molar-refractivity contribution in [3.05, 3.63) is 29.3 Å². The molecule has 0 amide bonds. The first-order chi connectivity index (χ1) is 6.19. The fourth-order valence-corrected chi connectivity index (χ4v) is 1.61. The molecular formula is C10H12INO. The van der Waals surface area contributed by atoms with E-state index in [2.05, 4.69) is 27.9 Å². The second kappa shape index (κ2) is 4.60. The normalized spacial score (nSPS) is 9.77. The number of alkyl halides is 1. The molecule has 2 nitrogen and oxygen atoms in total. The van der Waals surface area contributed by atoms with E-state index in [1.807, 2.05) is 32.2 Å². The molecule has 1 aromatic rings. The van der Waals surface area contributed by atoms with Gasteiger partial charge >= 0.3 is 0 Å². The van der Waals surface area contributed by atoms with Gasteiger partial charge in [0.2, 0.25) is 0 Å². The molecule has 0 heterocycles. The van der Waals surface area contributed by atoms with Crippen LogP contribution in [0.25, 0.3) is 0 Å². The Morgan fingerprint density at radius 3 is 2.69 bits per heavy atom.